The van der Waals surface area contributed by atoms with Gasteiger partial charge in [0.25, 0.3) is 0 Å². The van der Waals surface area contributed by atoms with Crippen molar-refractivity contribution >= 4 is 5.91 Å². The van der Waals surface area contributed by atoms with Crippen LogP contribution in [-0.2, 0) is 16.1 Å². The van der Waals surface area contributed by atoms with Gasteiger partial charge in [0.1, 0.15) is 11.8 Å². The first-order valence-corrected chi connectivity index (χ1v) is 7.39. The SMILES string of the molecule is COCC(N)C(=O)NCc1ccc(-c2cccc(OC)c2)cc1. The van der Waals surface area contributed by atoms with Crippen molar-refractivity contribution in [1.82, 2.24) is 5.32 Å². The fraction of sp³-hybridized carbons (Fsp3) is 0.278. The molecule has 0 bridgehead atoms. The Kier molecular flexibility index (Phi) is 6.14. The number of carbonyl (C=O) groups is 1. The second kappa shape index (κ2) is 8.31. The third-order valence-corrected chi connectivity index (χ3v) is 3.51. The summed E-state index contributed by atoms with van der Waals surface area (Å²) in [7, 11) is 3.17. The fourth-order valence-corrected chi connectivity index (χ4v) is 2.19. The first-order chi connectivity index (χ1) is 11.1. The van der Waals surface area contributed by atoms with Crippen molar-refractivity contribution in [1.29, 1.82) is 0 Å². The highest BCUT2D eigenvalue weighted by atomic mass is 16.5. The van der Waals surface area contributed by atoms with Gasteiger partial charge in [0.15, 0.2) is 0 Å². The van der Waals surface area contributed by atoms with Gasteiger partial charge in [0, 0.05) is 13.7 Å². The van der Waals surface area contributed by atoms with E-state index in [0.717, 1.165) is 22.4 Å². The van der Waals surface area contributed by atoms with Crippen LogP contribution in [0.3, 0.4) is 0 Å². The molecule has 0 aliphatic rings. The molecule has 0 aromatic heterocycles. The Labute approximate surface area is 136 Å². The molecule has 0 radical (unpaired) electrons. The predicted octanol–water partition coefficient (Wildman–Crippen LogP) is 1.95. The van der Waals surface area contributed by atoms with E-state index in [-0.39, 0.29) is 12.5 Å². The molecule has 0 spiro atoms. The molecule has 2 aromatic rings. The Hall–Kier alpha value is -2.37. The number of methoxy groups -OCH3 is 2. The van der Waals surface area contributed by atoms with Gasteiger partial charge in [-0.05, 0) is 28.8 Å². The molecular formula is C18H22N2O3. The smallest absolute Gasteiger partial charge is 0.239 e. The normalized spacial score (nSPS) is 11.8. The molecule has 5 nitrogen and oxygen atoms in total. The van der Waals surface area contributed by atoms with Gasteiger partial charge >= 0.3 is 0 Å². The lowest BCUT2D eigenvalue weighted by molar-refractivity contribution is -0.123. The summed E-state index contributed by atoms with van der Waals surface area (Å²) in [5, 5.41) is 2.80. The maximum Gasteiger partial charge on any atom is 0.239 e. The molecule has 1 amide bonds. The summed E-state index contributed by atoms with van der Waals surface area (Å²) in [6.45, 7) is 0.648. The minimum atomic E-state index is -0.643. The van der Waals surface area contributed by atoms with E-state index in [2.05, 4.69) is 5.32 Å². The summed E-state index contributed by atoms with van der Waals surface area (Å²) in [5.74, 6) is 0.606. The topological polar surface area (TPSA) is 73.6 Å². The van der Waals surface area contributed by atoms with E-state index in [1.165, 1.54) is 7.11 Å². The van der Waals surface area contributed by atoms with Gasteiger partial charge in [-0.25, -0.2) is 0 Å². The molecule has 3 N–H and O–H groups in total. The molecule has 0 saturated heterocycles. The van der Waals surface area contributed by atoms with E-state index in [0.29, 0.717) is 6.54 Å². The van der Waals surface area contributed by atoms with Crippen LogP contribution in [0.2, 0.25) is 0 Å². The quantitative estimate of drug-likeness (QED) is 0.819. The van der Waals surface area contributed by atoms with Gasteiger partial charge in [-0.15, -0.1) is 0 Å². The van der Waals surface area contributed by atoms with Crippen LogP contribution in [0.25, 0.3) is 11.1 Å². The van der Waals surface area contributed by atoms with E-state index in [4.69, 9.17) is 15.2 Å². The van der Waals surface area contributed by atoms with Crippen LogP contribution < -0.4 is 15.8 Å². The number of ether oxygens (including phenoxy) is 2. The molecular weight excluding hydrogens is 292 g/mol. The molecule has 0 fully saturated rings. The number of hydrogen-bond acceptors (Lipinski definition) is 4. The number of amides is 1. The minimum absolute atomic E-state index is 0.209. The molecule has 1 unspecified atom stereocenters. The van der Waals surface area contributed by atoms with Crippen LogP contribution in [0, 0.1) is 0 Å². The maximum absolute atomic E-state index is 11.7. The molecule has 0 aliphatic carbocycles. The molecule has 2 aromatic carbocycles. The van der Waals surface area contributed by atoms with Crippen molar-refractivity contribution in [2.45, 2.75) is 12.6 Å². The number of hydrogen-bond donors (Lipinski definition) is 2. The molecule has 5 heteroatoms. The first kappa shape index (κ1) is 17.0. The molecule has 23 heavy (non-hydrogen) atoms. The molecule has 122 valence electrons. The Bertz CT molecular complexity index is 641. The van der Waals surface area contributed by atoms with Crippen molar-refractivity contribution in [3.63, 3.8) is 0 Å². The minimum Gasteiger partial charge on any atom is -0.497 e. The third-order valence-electron chi connectivity index (χ3n) is 3.51. The van der Waals surface area contributed by atoms with Crippen molar-refractivity contribution in [2.24, 2.45) is 5.73 Å². The molecule has 2 rings (SSSR count). The van der Waals surface area contributed by atoms with Gasteiger partial charge in [-0.2, -0.15) is 0 Å². The standard InChI is InChI=1S/C18H22N2O3/c1-22-12-17(19)18(21)20-11-13-6-8-14(9-7-13)15-4-3-5-16(10-15)23-2/h3-10,17H,11-12,19H2,1-2H3,(H,20,21). The highest BCUT2D eigenvalue weighted by Gasteiger charge is 2.12. The first-order valence-electron chi connectivity index (χ1n) is 7.39. The van der Waals surface area contributed by atoms with Crippen LogP contribution in [0.4, 0.5) is 0 Å². The Morgan fingerprint density at radius 3 is 2.52 bits per heavy atom. The van der Waals surface area contributed by atoms with E-state index in [1.54, 1.807) is 7.11 Å². The lowest BCUT2D eigenvalue weighted by Crippen LogP contribution is -2.43. The van der Waals surface area contributed by atoms with Gasteiger partial charge in [-0.1, -0.05) is 36.4 Å². The number of rotatable bonds is 7. The lowest BCUT2D eigenvalue weighted by atomic mass is 10.0. The Balaban J connectivity index is 1.98. The average Bonchev–Trinajstić information content (AvgIpc) is 2.60. The summed E-state index contributed by atoms with van der Waals surface area (Å²) >= 11 is 0. The van der Waals surface area contributed by atoms with Crippen LogP contribution >= 0.6 is 0 Å². The van der Waals surface area contributed by atoms with Crippen LogP contribution in [-0.4, -0.2) is 32.8 Å². The predicted molar refractivity (Wildman–Crippen MR) is 90.1 cm³/mol. The Morgan fingerprint density at radius 1 is 1.13 bits per heavy atom. The van der Waals surface area contributed by atoms with Crippen molar-refractivity contribution in [3.8, 4) is 16.9 Å². The highest BCUT2D eigenvalue weighted by molar-refractivity contribution is 5.81. The van der Waals surface area contributed by atoms with Crippen LogP contribution in [0.5, 0.6) is 5.75 Å². The van der Waals surface area contributed by atoms with Gasteiger partial charge in [0.2, 0.25) is 5.91 Å². The monoisotopic (exact) mass is 314 g/mol. The second-order valence-corrected chi connectivity index (χ2v) is 5.21. The number of benzene rings is 2. The molecule has 0 heterocycles. The van der Waals surface area contributed by atoms with Crippen LogP contribution in [0.15, 0.2) is 48.5 Å². The van der Waals surface area contributed by atoms with Gasteiger partial charge < -0.3 is 20.5 Å². The summed E-state index contributed by atoms with van der Waals surface area (Å²) in [4.78, 5) is 11.7. The number of nitrogens with two attached hydrogens (primary N) is 1. The van der Waals surface area contributed by atoms with Crippen molar-refractivity contribution < 1.29 is 14.3 Å². The van der Waals surface area contributed by atoms with E-state index < -0.39 is 6.04 Å². The average molecular weight is 314 g/mol. The van der Waals surface area contributed by atoms with Crippen LogP contribution in [0.1, 0.15) is 5.56 Å². The van der Waals surface area contributed by atoms with E-state index in [1.807, 2.05) is 48.5 Å². The van der Waals surface area contributed by atoms with Gasteiger partial charge in [0.05, 0.1) is 13.7 Å². The zero-order chi connectivity index (χ0) is 16.7. The fourth-order valence-electron chi connectivity index (χ4n) is 2.19. The molecule has 1 atom stereocenters. The number of nitrogens with one attached hydrogen (secondary N) is 1. The Morgan fingerprint density at radius 2 is 1.87 bits per heavy atom. The zero-order valence-corrected chi connectivity index (χ0v) is 13.4. The van der Waals surface area contributed by atoms with E-state index in [9.17, 15) is 4.79 Å². The van der Waals surface area contributed by atoms with E-state index >= 15 is 0 Å². The number of carbonyl (C=O) groups excluding carboxylic acids is 1. The summed E-state index contributed by atoms with van der Waals surface area (Å²) in [6, 6.07) is 15.3. The van der Waals surface area contributed by atoms with Crippen molar-refractivity contribution in [3.05, 3.63) is 54.1 Å². The van der Waals surface area contributed by atoms with Crippen molar-refractivity contribution in [2.75, 3.05) is 20.8 Å². The summed E-state index contributed by atoms with van der Waals surface area (Å²) in [5.41, 5.74) is 8.86. The molecule has 0 saturated carbocycles. The summed E-state index contributed by atoms with van der Waals surface area (Å²) in [6.07, 6.45) is 0. The third kappa shape index (κ3) is 4.81. The summed E-state index contributed by atoms with van der Waals surface area (Å²) < 4.78 is 10.1. The highest BCUT2D eigenvalue weighted by Crippen LogP contribution is 2.23. The largest absolute Gasteiger partial charge is 0.497 e. The molecule has 0 aliphatic heterocycles. The maximum atomic E-state index is 11.7. The lowest BCUT2D eigenvalue weighted by Gasteiger charge is -2.11. The zero-order valence-electron chi connectivity index (χ0n) is 13.4. The second-order valence-electron chi connectivity index (χ2n) is 5.21. The van der Waals surface area contributed by atoms with Gasteiger partial charge in [-0.3, -0.25) is 4.79 Å².